The Morgan fingerprint density at radius 1 is 1.38 bits per heavy atom. The number of hydrogen-bond donors (Lipinski definition) is 0. The second-order valence-corrected chi connectivity index (χ2v) is 4.10. The van der Waals surface area contributed by atoms with Gasteiger partial charge >= 0.3 is 11.9 Å². The molecule has 1 fully saturated rings. The molecule has 0 radical (unpaired) electrons. The second-order valence-electron chi connectivity index (χ2n) is 4.10. The van der Waals surface area contributed by atoms with Crippen LogP contribution >= 0.6 is 0 Å². The van der Waals surface area contributed by atoms with Crippen LogP contribution in [0.1, 0.15) is 51.9 Å². The van der Waals surface area contributed by atoms with E-state index in [9.17, 15) is 9.59 Å². The van der Waals surface area contributed by atoms with Crippen LogP contribution in [0.3, 0.4) is 0 Å². The lowest BCUT2D eigenvalue weighted by Crippen LogP contribution is -2.22. The lowest BCUT2D eigenvalue weighted by molar-refractivity contribution is -0.160. The van der Waals surface area contributed by atoms with Gasteiger partial charge in [0.15, 0.2) is 0 Å². The zero-order chi connectivity index (χ0) is 11.8. The standard InChI is InChI=1S/C12H20O4/c1-2-3-4-5-6-7-11(13)16-10-8-9-15-12(10)14/h10H,2-9H2,1H3/t10-/m0/s1. The Labute approximate surface area is 96.3 Å². The highest BCUT2D eigenvalue weighted by molar-refractivity contribution is 5.80. The molecule has 0 aromatic carbocycles. The minimum atomic E-state index is -0.650. The van der Waals surface area contributed by atoms with E-state index in [4.69, 9.17) is 9.47 Å². The van der Waals surface area contributed by atoms with Crippen LogP contribution in [0.25, 0.3) is 0 Å². The van der Waals surface area contributed by atoms with Crippen LogP contribution in [-0.2, 0) is 19.1 Å². The first kappa shape index (κ1) is 13.0. The number of esters is 2. The van der Waals surface area contributed by atoms with Crippen molar-refractivity contribution in [3.63, 3.8) is 0 Å². The molecule has 0 amide bonds. The molecule has 0 unspecified atom stereocenters. The van der Waals surface area contributed by atoms with Gasteiger partial charge in [-0.15, -0.1) is 0 Å². The Kier molecular flexibility index (Phi) is 5.90. The number of carbonyl (C=O) groups excluding carboxylic acids is 2. The summed E-state index contributed by atoms with van der Waals surface area (Å²) < 4.78 is 9.72. The van der Waals surface area contributed by atoms with Crippen LogP contribution in [0.5, 0.6) is 0 Å². The second kappa shape index (κ2) is 7.25. The maximum atomic E-state index is 11.3. The smallest absolute Gasteiger partial charge is 0.347 e. The molecule has 0 aliphatic carbocycles. The molecule has 0 aromatic heterocycles. The molecule has 0 N–H and O–H groups in total. The van der Waals surface area contributed by atoms with Gasteiger partial charge in [0.25, 0.3) is 0 Å². The SMILES string of the molecule is CCCCCCCC(=O)O[C@H]1CCOC1=O. The van der Waals surface area contributed by atoms with E-state index < -0.39 is 12.1 Å². The van der Waals surface area contributed by atoms with Crippen molar-refractivity contribution < 1.29 is 19.1 Å². The molecule has 0 aromatic rings. The predicted molar refractivity (Wildman–Crippen MR) is 58.8 cm³/mol. The summed E-state index contributed by atoms with van der Waals surface area (Å²) in [4.78, 5) is 22.4. The van der Waals surface area contributed by atoms with E-state index in [-0.39, 0.29) is 5.97 Å². The summed E-state index contributed by atoms with van der Waals surface area (Å²) in [5.74, 6) is -0.681. The topological polar surface area (TPSA) is 52.6 Å². The molecule has 1 heterocycles. The van der Waals surface area contributed by atoms with Crippen molar-refractivity contribution in [2.45, 2.75) is 58.0 Å². The largest absolute Gasteiger partial charge is 0.463 e. The summed E-state index contributed by atoms with van der Waals surface area (Å²) in [6.07, 6.45) is 5.73. The van der Waals surface area contributed by atoms with E-state index in [1.165, 1.54) is 12.8 Å². The van der Waals surface area contributed by atoms with Gasteiger partial charge in [-0.1, -0.05) is 32.6 Å². The summed E-state index contributed by atoms with van der Waals surface area (Å²) in [7, 11) is 0. The molecule has 0 spiro atoms. The summed E-state index contributed by atoms with van der Waals surface area (Å²) in [6.45, 7) is 2.52. The van der Waals surface area contributed by atoms with Gasteiger partial charge in [-0.3, -0.25) is 4.79 Å². The first-order chi connectivity index (χ1) is 7.74. The van der Waals surface area contributed by atoms with Crippen LogP contribution in [0.2, 0.25) is 0 Å². The molecule has 1 rings (SSSR count). The Bertz CT molecular complexity index is 237. The fraction of sp³-hybridized carbons (Fsp3) is 0.833. The fourth-order valence-electron chi connectivity index (χ4n) is 1.67. The molecule has 0 saturated carbocycles. The van der Waals surface area contributed by atoms with Gasteiger partial charge in [0.1, 0.15) is 0 Å². The first-order valence-corrected chi connectivity index (χ1v) is 6.10. The molecule has 4 nitrogen and oxygen atoms in total. The minimum Gasteiger partial charge on any atom is -0.463 e. The minimum absolute atomic E-state index is 0.277. The molecule has 1 saturated heterocycles. The number of rotatable bonds is 7. The van der Waals surface area contributed by atoms with Crippen LogP contribution in [0.15, 0.2) is 0 Å². The van der Waals surface area contributed by atoms with Crippen molar-refractivity contribution >= 4 is 11.9 Å². The Morgan fingerprint density at radius 3 is 2.75 bits per heavy atom. The average molecular weight is 228 g/mol. The van der Waals surface area contributed by atoms with Crippen LogP contribution in [0, 0.1) is 0 Å². The van der Waals surface area contributed by atoms with Crippen LogP contribution in [0.4, 0.5) is 0 Å². The van der Waals surface area contributed by atoms with E-state index in [1.54, 1.807) is 0 Å². The van der Waals surface area contributed by atoms with Gasteiger partial charge in [-0.25, -0.2) is 4.79 Å². The van der Waals surface area contributed by atoms with Gasteiger partial charge < -0.3 is 9.47 Å². The molecule has 16 heavy (non-hydrogen) atoms. The third-order valence-corrected chi connectivity index (χ3v) is 2.65. The zero-order valence-corrected chi connectivity index (χ0v) is 9.87. The number of ether oxygens (including phenoxy) is 2. The quantitative estimate of drug-likeness (QED) is 0.495. The number of carbonyl (C=O) groups is 2. The average Bonchev–Trinajstić information content (AvgIpc) is 2.64. The molecule has 4 heteroatoms. The highest BCUT2D eigenvalue weighted by Crippen LogP contribution is 2.12. The highest BCUT2D eigenvalue weighted by atomic mass is 16.6. The van der Waals surface area contributed by atoms with Gasteiger partial charge in [0, 0.05) is 12.8 Å². The van der Waals surface area contributed by atoms with E-state index in [2.05, 4.69) is 6.92 Å². The Balaban J connectivity index is 2.04. The lowest BCUT2D eigenvalue weighted by Gasteiger charge is -2.07. The fourth-order valence-corrected chi connectivity index (χ4v) is 1.67. The maximum Gasteiger partial charge on any atom is 0.347 e. The van der Waals surface area contributed by atoms with Gasteiger partial charge in [0.2, 0.25) is 6.10 Å². The molecule has 1 aliphatic rings. The predicted octanol–water partition coefficient (Wildman–Crippen LogP) is 2.21. The van der Waals surface area contributed by atoms with Crippen molar-refractivity contribution in [3.8, 4) is 0 Å². The van der Waals surface area contributed by atoms with Gasteiger partial charge in [0.05, 0.1) is 6.61 Å². The number of hydrogen-bond acceptors (Lipinski definition) is 4. The lowest BCUT2D eigenvalue weighted by atomic mass is 10.1. The van der Waals surface area contributed by atoms with E-state index in [0.29, 0.717) is 19.4 Å². The molecule has 92 valence electrons. The Morgan fingerprint density at radius 2 is 2.12 bits per heavy atom. The van der Waals surface area contributed by atoms with E-state index in [0.717, 1.165) is 19.3 Å². The van der Waals surface area contributed by atoms with Crippen molar-refractivity contribution in [3.05, 3.63) is 0 Å². The highest BCUT2D eigenvalue weighted by Gasteiger charge is 2.29. The van der Waals surface area contributed by atoms with Crippen molar-refractivity contribution in [2.75, 3.05) is 6.61 Å². The van der Waals surface area contributed by atoms with Gasteiger partial charge in [-0.2, -0.15) is 0 Å². The summed E-state index contributed by atoms with van der Waals surface area (Å²) in [6, 6.07) is 0. The molecular formula is C12H20O4. The third-order valence-electron chi connectivity index (χ3n) is 2.65. The first-order valence-electron chi connectivity index (χ1n) is 6.10. The van der Waals surface area contributed by atoms with Crippen molar-refractivity contribution in [1.82, 2.24) is 0 Å². The maximum absolute atomic E-state index is 11.3. The summed E-state index contributed by atoms with van der Waals surface area (Å²) in [5, 5.41) is 0. The van der Waals surface area contributed by atoms with E-state index in [1.807, 2.05) is 0 Å². The molecule has 1 atom stereocenters. The van der Waals surface area contributed by atoms with Crippen LogP contribution < -0.4 is 0 Å². The number of cyclic esters (lactones) is 1. The number of unbranched alkanes of at least 4 members (excludes halogenated alkanes) is 4. The normalized spacial score (nSPS) is 19.6. The molecule has 0 bridgehead atoms. The van der Waals surface area contributed by atoms with Crippen molar-refractivity contribution in [2.24, 2.45) is 0 Å². The van der Waals surface area contributed by atoms with Crippen LogP contribution in [-0.4, -0.2) is 24.6 Å². The zero-order valence-electron chi connectivity index (χ0n) is 9.87. The Hall–Kier alpha value is -1.06. The van der Waals surface area contributed by atoms with Crippen molar-refractivity contribution in [1.29, 1.82) is 0 Å². The molecular weight excluding hydrogens is 208 g/mol. The molecule has 1 aliphatic heterocycles. The van der Waals surface area contributed by atoms with Gasteiger partial charge in [-0.05, 0) is 6.42 Å². The summed E-state index contributed by atoms with van der Waals surface area (Å²) >= 11 is 0. The third kappa shape index (κ3) is 4.64. The summed E-state index contributed by atoms with van der Waals surface area (Å²) in [5.41, 5.74) is 0. The van der Waals surface area contributed by atoms with E-state index >= 15 is 0 Å². The monoisotopic (exact) mass is 228 g/mol.